The molecule has 12 nitrogen and oxygen atoms in total. The van der Waals surface area contributed by atoms with E-state index in [9.17, 15) is 9.59 Å². The van der Waals surface area contributed by atoms with Crippen LogP contribution < -0.4 is 19.7 Å². The highest BCUT2D eigenvalue weighted by Crippen LogP contribution is 2.67. The highest BCUT2D eigenvalue weighted by molar-refractivity contribution is 7.13. The number of imide groups is 1. The van der Waals surface area contributed by atoms with Crippen molar-refractivity contribution in [3.8, 4) is 22.3 Å². The monoisotopic (exact) mass is 625 g/mol. The molecule has 1 aliphatic carbocycles. The lowest BCUT2D eigenvalue weighted by molar-refractivity contribution is -0.120. The molecule has 3 aromatic heterocycles. The molecule has 0 bridgehead atoms. The maximum absolute atomic E-state index is 14.1. The second kappa shape index (κ2) is 10.5. The van der Waals surface area contributed by atoms with Crippen molar-refractivity contribution in [1.82, 2.24) is 25.1 Å². The average Bonchev–Trinajstić information content (AvgIpc) is 3.26. The first-order chi connectivity index (χ1) is 21.6. The lowest BCUT2D eigenvalue weighted by Gasteiger charge is -2.24. The third-order valence-electron chi connectivity index (χ3n) is 7.95. The molecule has 1 aliphatic heterocycles. The zero-order valence-electron chi connectivity index (χ0n) is 25.4. The van der Waals surface area contributed by atoms with Crippen molar-refractivity contribution in [1.29, 1.82) is 0 Å². The second-order valence-corrected chi connectivity index (χ2v) is 12.8. The number of H-pyrrole nitrogens is 1. The second-order valence-electron chi connectivity index (χ2n) is 11.9. The Hall–Kier alpha value is -5.04. The Morgan fingerprint density at radius 1 is 1.18 bits per heavy atom. The Morgan fingerprint density at radius 3 is 2.76 bits per heavy atom. The van der Waals surface area contributed by atoms with Crippen molar-refractivity contribution in [3.05, 3.63) is 65.3 Å². The molecule has 1 fully saturated rings. The van der Waals surface area contributed by atoms with Gasteiger partial charge in [0.2, 0.25) is 5.91 Å². The third-order valence-corrected chi connectivity index (χ3v) is 8.72. The van der Waals surface area contributed by atoms with Crippen LogP contribution in [0, 0.1) is 0 Å². The first-order valence-corrected chi connectivity index (χ1v) is 15.4. The Kier molecular flexibility index (Phi) is 6.73. The van der Waals surface area contributed by atoms with Crippen LogP contribution in [0.25, 0.3) is 21.7 Å². The van der Waals surface area contributed by atoms with Gasteiger partial charge in [-0.2, -0.15) is 5.10 Å². The van der Waals surface area contributed by atoms with Crippen molar-refractivity contribution in [3.63, 3.8) is 0 Å². The van der Waals surface area contributed by atoms with Crippen LogP contribution in [0.4, 0.5) is 22.1 Å². The number of hydrogen-bond donors (Lipinski definition) is 2. The number of nitrogens with zero attached hydrogens (tertiary/aromatic N) is 5. The fraction of sp³-hybridized carbons (Fsp3) is 0.312. The van der Waals surface area contributed by atoms with Crippen LogP contribution in [0.2, 0.25) is 0 Å². The lowest BCUT2D eigenvalue weighted by atomic mass is 9.91. The van der Waals surface area contributed by atoms with Gasteiger partial charge in [-0.05, 0) is 75.6 Å². The van der Waals surface area contributed by atoms with Gasteiger partial charge in [0.25, 0.3) is 0 Å². The average molecular weight is 626 g/mol. The van der Waals surface area contributed by atoms with E-state index in [1.54, 1.807) is 52.4 Å². The standard InChI is InChI=1S/C32H31N7O5S/c1-6-43-24-16-34-27(28-33-11-12-45-28)36-26(24)35-25-19-9-7-17(13-22(19)37-38-25)21-15-32(21)20-14-18(42-5)8-10-23(20)39(29(32)40)30(41)44-31(2,3)4/h7-14,16,21H,6,15H2,1-5H3,(H2,34,35,36,37,38)/t21-,32-/m0/s1. The van der Waals surface area contributed by atoms with Gasteiger partial charge in [0.15, 0.2) is 28.2 Å². The molecule has 2 aromatic carbocycles. The Bertz CT molecular complexity index is 1950. The van der Waals surface area contributed by atoms with E-state index in [2.05, 4.69) is 30.5 Å². The number of fused-ring (bicyclic) bond motifs is 3. The maximum Gasteiger partial charge on any atom is 0.421 e. The smallest absolute Gasteiger partial charge is 0.421 e. The molecular weight excluding hydrogens is 594 g/mol. The molecule has 2 atom stereocenters. The van der Waals surface area contributed by atoms with Gasteiger partial charge < -0.3 is 19.5 Å². The molecule has 230 valence electrons. The van der Waals surface area contributed by atoms with Gasteiger partial charge in [0.1, 0.15) is 11.4 Å². The molecule has 0 radical (unpaired) electrons. The number of rotatable bonds is 7. The number of anilines is 3. The minimum Gasteiger partial charge on any atom is -0.497 e. The van der Waals surface area contributed by atoms with Crippen molar-refractivity contribution < 1.29 is 23.8 Å². The van der Waals surface area contributed by atoms with Crippen LogP contribution in [-0.4, -0.2) is 56.5 Å². The van der Waals surface area contributed by atoms with E-state index in [-0.39, 0.29) is 11.8 Å². The van der Waals surface area contributed by atoms with Crippen LogP contribution in [0.1, 0.15) is 51.2 Å². The van der Waals surface area contributed by atoms with E-state index in [1.165, 1.54) is 16.2 Å². The van der Waals surface area contributed by atoms with Gasteiger partial charge in [-0.3, -0.25) is 9.89 Å². The summed E-state index contributed by atoms with van der Waals surface area (Å²) in [5.41, 5.74) is 1.38. The molecule has 0 saturated heterocycles. The number of aromatic amines is 1. The highest BCUT2D eigenvalue weighted by Gasteiger charge is 2.68. The van der Waals surface area contributed by atoms with Crippen molar-refractivity contribution >= 4 is 51.6 Å². The zero-order valence-corrected chi connectivity index (χ0v) is 26.2. The summed E-state index contributed by atoms with van der Waals surface area (Å²) >= 11 is 1.45. The molecule has 2 amide bonds. The zero-order chi connectivity index (χ0) is 31.5. The molecule has 13 heteroatoms. The number of aromatic nitrogens is 5. The first-order valence-electron chi connectivity index (χ1n) is 14.5. The quantitative estimate of drug-likeness (QED) is 0.210. The van der Waals surface area contributed by atoms with Gasteiger partial charge >= 0.3 is 6.09 Å². The summed E-state index contributed by atoms with van der Waals surface area (Å²) in [5.74, 6) is 2.19. The molecule has 2 N–H and O–H groups in total. The molecular formula is C32H31N7O5S. The van der Waals surface area contributed by atoms with Crippen LogP contribution in [0.5, 0.6) is 11.5 Å². The third kappa shape index (κ3) is 4.83. The normalized spacial score (nSPS) is 18.7. The summed E-state index contributed by atoms with van der Waals surface area (Å²) in [6, 6.07) is 11.3. The SMILES string of the molecule is CCOc1cnc(-c2nccs2)nc1Nc1n[nH]c2cc([C@@H]3C[C@@]34C(=O)N(C(=O)OC(C)(C)C)c3ccc(OC)cc34)ccc12. The molecule has 0 unspecified atom stereocenters. The number of nitrogens with one attached hydrogen (secondary N) is 2. The van der Waals surface area contributed by atoms with Gasteiger partial charge in [0, 0.05) is 22.9 Å². The van der Waals surface area contributed by atoms with Gasteiger partial charge in [-0.25, -0.2) is 24.6 Å². The van der Waals surface area contributed by atoms with E-state index in [1.807, 2.05) is 36.6 Å². The summed E-state index contributed by atoms with van der Waals surface area (Å²) in [6.07, 6.45) is 3.20. The summed E-state index contributed by atoms with van der Waals surface area (Å²) in [5, 5.41) is 14.3. The largest absolute Gasteiger partial charge is 0.497 e. The number of thiazole rings is 1. The van der Waals surface area contributed by atoms with Gasteiger partial charge in [-0.1, -0.05) is 6.07 Å². The minimum atomic E-state index is -0.894. The fourth-order valence-electron chi connectivity index (χ4n) is 5.93. The van der Waals surface area contributed by atoms with Crippen molar-refractivity contribution in [2.45, 2.75) is 51.0 Å². The van der Waals surface area contributed by atoms with Gasteiger partial charge in [-0.15, -0.1) is 11.3 Å². The number of carbonyl (C=O) groups excluding carboxylic acids is 2. The Labute approximate surface area is 262 Å². The summed E-state index contributed by atoms with van der Waals surface area (Å²) < 4.78 is 16.9. The van der Waals surface area contributed by atoms with E-state index in [0.717, 1.165) is 22.0 Å². The lowest BCUT2D eigenvalue weighted by Crippen LogP contribution is -2.41. The maximum atomic E-state index is 14.1. The van der Waals surface area contributed by atoms with E-state index in [0.29, 0.717) is 52.7 Å². The number of benzene rings is 2. The Balaban J connectivity index is 1.21. The number of methoxy groups -OCH3 is 1. The first kappa shape index (κ1) is 28.7. The van der Waals surface area contributed by atoms with E-state index >= 15 is 0 Å². The van der Waals surface area contributed by atoms with E-state index in [4.69, 9.17) is 14.2 Å². The molecule has 7 rings (SSSR count). The van der Waals surface area contributed by atoms with E-state index < -0.39 is 17.1 Å². The predicted molar refractivity (Wildman–Crippen MR) is 169 cm³/mol. The molecule has 4 heterocycles. The number of amides is 2. The van der Waals surface area contributed by atoms with Crippen LogP contribution >= 0.6 is 11.3 Å². The molecule has 45 heavy (non-hydrogen) atoms. The topological polar surface area (TPSA) is 144 Å². The predicted octanol–water partition coefficient (Wildman–Crippen LogP) is 6.33. The Morgan fingerprint density at radius 2 is 2.02 bits per heavy atom. The van der Waals surface area contributed by atoms with Crippen LogP contribution in [-0.2, 0) is 14.9 Å². The molecule has 5 aromatic rings. The minimum absolute atomic E-state index is 0.153. The number of carbonyl (C=O) groups is 2. The molecule has 1 saturated carbocycles. The number of hydrogen-bond acceptors (Lipinski definition) is 11. The van der Waals surface area contributed by atoms with Gasteiger partial charge in [0.05, 0.1) is 36.5 Å². The molecule has 1 spiro atoms. The summed E-state index contributed by atoms with van der Waals surface area (Å²) in [6.45, 7) is 7.68. The number of ether oxygens (including phenoxy) is 3. The fourth-order valence-corrected chi connectivity index (χ4v) is 6.50. The highest BCUT2D eigenvalue weighted by atomic mass is 32.1. The van der Waals surface area contributed by atoms with Crippen molar-refractivity contribution in [2.75, 3.05) is 23.9 Å². The molecule has 2 aliphatic rings. The van der Waals surface area contributed by atoms with Crippen LogP contribution in [0.3, 0.4) is 0 Å². The van der Waals surface area contributed by atoms with Crippen LogP contribution in [0.15, 0.2) is 54.2 Å². The van der Waals surface area contributed by atoms with Crippen molar-refractivity contribution in [2.24, 2.45) is 0 Å². The summed E-state index contributed by atoms with van der Waals surface area (Å²) in [7, 11) is 1.58. The summed E-state index contributed by atoms with van der Waals surface area (Å²) in [4.78, 5) is 41.9.